The maximum atomic E-state index is 5.65. The Bertz CT molecular complexity index is 365. The second-order valence-electron chi connectivity index (χ2n) is 6.56. The van der Waals surface area contributed by atoms with Crippen LogP contribution in [-0.4, -0.2) is 24.5 Å². The van der Waals surface area contributed by atoms with E-state index in [1.807, 2.05) is 6.26 Å². The third-order valence-electron chi connectivity index (χ3n) is 3.78. The minimum Gasteiger partial charge on any atom is -0.468 e. The molecule has 1 aromatic heterocycles. The van der Waals surface area contributed by atoms with E-state index < -0.39 is 0 Å². The first-order valence-corrected chi connectivity index (χ1v) is 7.31. The van der Waals surface area contributed by atoms with Gasteiger partial charge in [0.05, 0.1) is 12.8 Å². The van der Waals surface area contributed by atoms with Crippen LogP contribution in [-0.2, 0) is 13.1 Å². The van der Waals surface area contributed by atoms with Crippen molar-refractivity contribution in [1.82, 2.24) is 10.2 Å². The zero-order valence-electron chi connectivity index (χ0n) is 13.4. The molecule has 1 atom stereocenters. The van der Waals surface area contributed by atoms with Crippen LogP contribution in [0.25, 0.3) is 0 Å². The van der Waals surface area contributed by atoms with Gasteiger partial charge in [-0.15, -0.1) is 0 Å². The van der Waals surface area contributed by atoms with Gasteiger partial charge < -0.3 is 9.73 Å². The average Bonchev–Trinajstić information content (AvgIpc) is 2.75. The molecule has 1 aromatic rings. The van der Waals surface area contributed by atoms with Gasteiger partial charge in [-0.25, -0.2) is 0 Å². The number of hydrogen-bond acceptors (Lipinski definition) is 3. The maximum Gasteiger partial charge on any atom is 0.118 e. The van der Waals surface area contributed by atoms with Gasteiger partial charge in [0.1, 0.15) is 5.76 Å². The van der Waals surface area contributed by atoms with E-state index in [0.29, 0.717) is 6.04 Å². The predicted molar refractivity (Wildman–Crippen MR) is 81.1 cm³/mol. The molecule has 1 heterocycles. The normalized spacial score (nSPS) is 14.1. The van der Waals surface area contributed by atoms with Gasteiger partial charge in [0.25, 0.3) is 0 Å². The third-order valence-corrected chi connectivity index (χ3v) is 3.78. The van der Waals surface area contributed by atoms with E-state index in [0.717, 1.165) is 31.8 Å². The summed E-state index contributed by atoms with van der Waals surface area (Å²) in [6, 6.07) is 2.67. The highest BCUT2D eigenvalue weighted by Gasteiger charge is 2.24. The third kappa shape index (κ3) is 5.37. The smallest absolute Gasteiger partial charge is 0.118 e. The van der Waals surface area contributed by atoms with Crippen molar-refractivity contribution < 1.29 is 4.42 Å². The molecule has 0 radical (unpaired) electrons. The molecule has 1 unspecified atom stereocenters. The molecule has 1 rings (SSSR count). The van der Waals surface area contributed by atoms with Gasteiger partial charge in [-0.1, -0.05) is 27.7 Å². The van der Waals surface area contributed by atoms with Crippen LogP contribution in [0.15, 0.2) is 16.7 Å². The van der Waals surface area contributed by atoms with Crippen LogP contribution in [0.4, 0.5) is 0 Å². The average molecular weight is 266 g/mol. The van der Waals surface area contributed by atoms with Crippen molar-refractivity contribution in [3.8, 4) is 0 Å². The Morgan fingerprint density at radius 3 is 2.63 bits per heavy atom. The van der Waals surface area contributed by atoms with Crippen LogP contribution < -0.4 is 5.32 Å². The summed E-state index contributed by atoms with van der Waals surface area (Å²) in [4.78, 5) is 2.35. The maximum absolute atomic E-state index is 5.65. The van der Waals surface area contributed by atoms with Crippen molar-refractivity contribution in [2.45, 2.75) is 60.2 Å². The van der Waals surface area contributed by atoms with Gasteiger partial charge in [-0.2, -0.15) is 0 Å². The SMILES string of the molecule is CCCNCc1coc(CN(C)C(C)C(C)(C)C)c1. The largest absolute Gasteiger partial charge is 0.468 e. The number of hydrogen-bond donors (Lipinski definition) is 1. The lowest BCUT2D eigenvalue weighted by atomic mass is 9.87. The highest BCUT2D eigenvalue weighted by Crippen LogP contribution is 2.24. The molecule has 0 aliphatic carbocycles. The van der Waals surface area contributed by atoms with E-state index in [1.165, 1.54) is 5.56 Å². The fourth-order valence-corrected chi connectivity index (χ4v) is 2.06. The number of nitrogens with one attached hydrogen (secondary N) is 1. The Labute approximate surface area is 118 Å². The lowest BCUT2D eigenvalue weighted by Gasteiger charge is -2.34. The molecule has 3 nitrogen and oxygen atoms in total. The lowest BCUT2D eigenvalue weighted by Crippen LogP contribution is -2.38. The lowest BCUT2D eigenvalue weighted by molar-refractivity contribution is 0.127. The first kappa shape index (κ1) is 16.3. The van der Waals surface area contributed by atoms with Gasteiger partial charge >= 0.3 is 0 Å². The Kier molecular flexibility index (Phi) is 6.08. The van der Waals surface area contributed by atoms with E-state index in [1.54, 1.807) is 0 Å². The standard InChI is InChI=1S/C16H30N2O/c1-7-8-17-10-14-9-15(19-12-14)11-18(6)13(2)16(3,4)5/h9,12-13,17H,7-8,10-11H2,1-6H3. The molecule has 0 spiro atoms. The van der Waals surface area contributed by atoms with Crippen LogP contribution in [0.5, 0.6) is 0 Å². The zero-order chi connectivity index (χ0) is 14.5. The van der Waals surface area contributed by atoms with Crippen molar-refractivity contribution in [1.29, 1.82) is 0 Å². The molecule has 0 aliphatic heterocycles. The van der Waals surface area contributed by atoms with Gasteiger partial charge in [-0.3, -0.25) is 4.90 Å². The summed E-state index contributed by atoms with van der Waals surface area (Å²) in [5.41, 5.74) is 1.52. The number of rotatable bonds is 7. The van der Waals surface area contributed by atoms with Crippen molar-refractivity contribution >= 4 is 0 Å². The van der Waals surface area contributed by atoms with Crippen molar-refractivity contribution in [2.75, 3.05) is 13.6 Å². The summed E-state index contributed by atoms with van der Waals surface area (Å²) in [7, 11) is 2.16. The molecule has 3 heteroatoms. The van der Waals surface area contributed by atoms with Crippen molar-refractivity contribution in [3.63, 3.8) is 0 Å². The molecule has 0 aliphatic rings. The molecule has 0 bridgehead atoms. The second-order valence-corrected chi connectivity index (χ2v) is 6.56. The topological polar surface area (TPSA) is 28.4 Å². The van der Waals surface area contributed by atoms with Crippen molar-refractivity contribution in [3.05, 3.63) is 23.7 Å². The molecule has 0 saturated carbocycles. The first-order chi connectivity index (χ1) is 8.84. The van der Waals surface area contributed by atoms with Gasteiger partial charge in [-0.05, 0) is 38.4 Å². The van der Waals surface area contributed by atoms with Crippen LogP contribution in [0.2, 0.25) is 0 Å². The minimum atomic E-state index is 0.285. The molecular formula is C16H30N2O. The quantitative estimate of drug-likeness (QED) is 0.764. The Morgan fingerprint density at radius 1 is 1.37 bits per heavy atom. The fraction of sp³-hybridized carbons (Fsp3) is 0.750. The summed E-state index contributed by atoms with van der Waals surface area (Å²) < 4.78 is 5.65. The second kappa shape index (κ2) is 7.11. The Balaban J connectivity index is 2.49. The molecular weight excluding hydrogens is 236 g/mol. The Hall–Kier alpha value is -0.800. The Morgan fingerprint density at radius 2 is 2.05 bits per heavy atom. The number of furan rings is 1. The molecule has 0 amide bonds. The molecule has 0 aromatic carbocycles. The zero-order valence-corrected chi connectivity index (χ0v) is 13.4. The van der Waals surface area contributed by atoms with Crippen LogP contribution in [0.1, 0.15) is 52.4 Å². The van der Waals surface area contributed by atoms with Crippen LogP contribution in [0.3, 0.4) is 0 Å². The van der Waals surface area contributed by atoms with E-state index >= 15 is 0 Å². The minimum absolute atomic E-state index is 0.285. The van der Waals surface area contributed by atoms with E-state index in [4.69, 9.17) is 4.42 Å². The monoisotopic (exact) mass is 266 g/mol. The molecule has 110 valence electrons. The summed E-state index contributed by atoms with van der Waals surface area (Å²) in [6.07, 6.45) is 3.03. The summed E-state index contributed by atoms with van der Waals surface area (Å²) in [6.45, 7) is 14.1. The number of nitrogens with zero attached hydrogens (tertiary/aromatic N) is 1. The van der Waals surface area contributed by atoms with Crippen LogP contribution in [0, 0.1) is 5.41 Å². The summed E-state index contributed by atoms with van der Waals surface area (Å²) in [5, 5.41) is 3.39. The van der Waals surface area contributed by atoms with Crippen LogP contribution >= 0.6 is 0 Å². The first-order valence-electron chi connectivity index (χ1n) is 7.31. The highest BCUT2D eigenvalue weighted by molar-refractivity contribution is 5.12. The molecule has 1 N–H and O–H groups in total. The van der Waals surface area contributed by atoms with Gasteiger partial charge in [0.15, 0.2) is 0 Å². The fourth-order valence-electron chi connectivity index (χ4n) is 2.06. The van der Waals surface area contributed by atoms with Gasteiger partial charge in [0.2, 0.25) is 0 Å². The van der Waals surface area contributed by atoms with Crippen molar-refractivity contribution in [2.24, 2.45) is 5.41 Å². The molecule has 19 heavy (non-hydrogen) atoms. The van der Waals surface area contributed by atoms with E-state index in [9.17, 15) is 0 Å². The molecule has 0 fully saturated rings. The molecule has 0 saturated heterocycles. The van der Waals surface area contributed by atoms with Gasteiger partial charge in [0, 0.05) is 18.2 Å². The van der Waals surface area contributed by atoms with E-state index in [-0.39, 0.29) is 5.41 Å². The predicted octanol–water partition coefficient (Wildman–Crippen LogP) is 3.65. The highest BCUT2D eigenvalue weighted by atomic mass is 16.3. The summed E-state index contributed by atoms with van der Waals surface area (Å²) in [5.74, 6) is 1.05. The van der Waals surface area contributed by atoms with E-state index in [2.05, 4.69) is 57.9 Å². The summed E-state index contributed by atoms with van der Waals surface area (Å²) >= 11 is 0.